The Hall–Kier alpha value is -0.0800. The second-order valence-electron chi connectivity index (χ2n) is 8.60. The molecule has 2 fully saturated rings. The number of rotatable bonds is 4. The maximum Gasteiger partial charge on any atom is 0.00953 e. The van der Waals surface area contributed by atoms with Crippen molar-refractivity contribution in [2.45, 2.75) is 78.2 Å². The van der Waals surface area contributed by atoms with Crippen LogP contribution >= 0.6 is 0 Å². The Balaban J connectivity index is 1.76. The van der Waals surface area contributed by atoms with E-state index in [1.54, 1.807) is 0 Å². The smallest absolute Gasteiger partial charge is 0.00953 e. The molecule has 2 atom stereocenters. The van der Waals surface area contributed by atoms with Gasteiger partial charge in [0.15, 0.2) is 0 Å². The average molecular weight is 295 g/mol. The van der Waals surface area contributed by atoms with Crippen LogP contribution < -0.4 is 5.32 Å². The summed E-state index contributed by atoms with van der Waals surface area (Å²) in [6.45, 7) is 11.2. The van der Waals surface area contributed by atoms with Gasteiger partial charge in [-0.1, -0.05) is 27.2 Å². The highest BCUT2D eigenvalue weighted by Gasteiger charge is 2.31. The molecule has 0 amide bonds. The topological polar surface area (TPSA) is 15.3 Å². The minimum Gasteiger partial charge on any atom is -0.320 e. The first-order valence-electron chi connectivity index (χ1n) is 9.39. The summed E-state index contributed by atoms with van der Waals surface area (Å²) in [5, 5.41) is 3.30. The molecule has 1 saturated heterocycles. The second kappa shape index (κ2) is 7.97. The fraction of sp³-hybridized carbons (Fsp3) is 1.00. The molecular weight excluding hydrogens is 256 g/mol. The maximum absolute atomic E-state index is 3.30. The molecule has 1 N–H and O–H groups in total. The fourth-order valence-corrected chi connectivity index (χ4v) is 4.47. The maximum atomic E-state index is 3.30. The van der Waals surface area contributed by atoms with Crippen LogP contribution in [0, 0.1) is 17.3 Å². The van der Waals surface area contributed by atoms with E-state index in [0.717, 1.165) is 17.9 Å². The molecule has 2 nitrogen and oxygen atoms in total. The summed E-state index contributed by atoms with van der Waals surface area (Å²) in [4.78, 5) is 2.83. The molecule has 0 aromatic carbocycles. The highest BCUT2D eigenvalue weighted by molar-refractivity contribution is 4.84. The van der Waals surface area contributed by atoms with Crippen LogP contribution in [0.15, 0.2) is 0 Å². The molecule has 0 radical (unpaired) electrons. The SMILES string of the molecule is CNCCC1CCN(C2CCCC(C(C)(C)C)CC2)CC1. The van der Waals surface area contributed by atoms with Crippen LogP contribution in [0.3, 0.4) is 0 Å². The van der Waals surface area contributed by atoms with Crippen molar-refractivity contribution < 1.29 is 0 Å². The van der Waals surface area contributed by atoms with Crippen molar-refractivity contribution in [2.24, 2.45) is 17.3 Å². The van der Waals surface area contributed by atoms with Crippen molar-refractivity contribution in [1.29, 1.82) is 0 Å². The zero-order valence-corrected chi connectivity index (χ0v) is 15.0. The first-order valence-corrected chi connectivity index (χ1v) is 9.39. The minimum absolute atomic E-state index is 0.509. The summed E-state index contributed by atoms with van der Waals surface area (Å²) in [6, 6.07) is 0.891. The second-order valence-corrected chi connectivity index (χ2v) is 8.60. The molecule has 1 aliphatic carbocycles. The predicted octanol–water partition coefficient (Wildman–Crippen LogP) is 4.30. The number of hydrogen-bond acceptors (Lipinski definition) is 2. The molecule has 124 valence electrons. The van der Waals surface area contributed by atoms with Crippen molar-refractivity contribution in [3.8, 4) is 0 Å². The number of hydrogen-bond donors (Lipinski definition) is 1. The number of nitrogens with zero attached hydrogens (tertiary/aromatic N) is 1. The summed E-state index contributed by atoms with van der Waals surface area (Å²) in [5.41, 5.74) is 0.509. The molecule has 2 rings (SSSR count). The Morgan fingerprint density at radius 1 is 0.952 bits per heavy atom. The van der Waals surface area contributed by atoms with E-state index < -0.39 is 0 Å². The normalized spacial score (nSPS) is 30.3. The monoisotopic (exact) mass is 294 g/mol. The molecule has 0 bridgehead atoms. The van der Waals surface area contributed by atoms with E-state index in [2.05, 4.69) is 38.0 Å². The van der Waals surface area contributed by atoms with Gasteiger partial charge in [-0.25, -0.2) is 0 Å². The standard InChI is InChI=1S/C19H38N2/c1-19(2,3)17-6-5-7-18(9-8-17)21-14-11-16(12-15-21)10-13-20-4/h16-18,20H,5-15H2,1-4H3. The summed E-state index contributed by atoms with van der Waals surface area (Å²) < 4.78 is 0. The quantitative estimate of drug-likeness (QED) is 0.778. The Morgan fingerprint density at radius 3 is 2.29 bits per heavy atom. The Labute approximate surface area is 133 Å². The van der Waals surface area contributed by atoms with E-state index in [9.17, 15) is 0 Å². The van der Waals surface area contributed by atoms with E-state index >= 15 is 0 Å². The first kappa shape index (κ1) is 17.3. The molecule has 21 heavy (non-hydrogen) atoms. The van der Waals surface area contributed by atoms with Crippen LogP contribution in [0.5, 0.6) is 0 Å². The molecule has 2 aliphatic rings. The molecule has 1 saturated carbocycles. The molecule has 2 heteroatoms. The lowest BCUT2D eigenvalue weighted by molar-refractivity contribution is 0.115. The van der Waals surface area contributed by atoms with Gasteiger partial charge in [0.2, 0.25) is 0 Å². The Kier molecular flexibility index (Phi) is 6.55. The number of nitrogens with one attached hydrogen (secondary N) is 1. The summed E-state index contributed by atoms with van der Waals surface area (Å²) in [6.07, 6.45) is 11.5. The van der Waals surface area contributed by atoms with E-state index in [4.69, 9.17) is 0 Å². The molecule has 0 spiro atoms. The van der Waals surface area contributed by atoms with Gasteiger partial charge in [0.05, 0.1) is 0 Å². The minimum atomic E-state index is 0.509. The van der Waals surface area contributed by atoms with Crippen LogP contribution in [0.1, 0.15) is 72.1 Å². The molecule has 1 heterocycles. The largest absolute Gasteiger partial charge is 0.320 e. The van der Waals surface area contributed by atoms with Crippen molar-refractivity contribution in [1.82, 2.24) is 10.2 Å². The van der Waals surface area contributed by atoms with Gasteiger partial charge in [-0.15, -0.1) is 0 Å². The lowest BCUT2D eigenvalue weighted by Gasteiger charge is -2.37. The zero-order valence-electron chi connectivity index (χ0n) is 15.0. The van der Waals surface area contributed by atoms with Gasteiger partial charge < -0.3 is 10.2 Å². The molecule has 1 aliphatic heterocycles. The van der Waals surface area contributed by atoms with Gasteiger partial charge in [-0.3, -0.25) is 0 Å². The number of likely N-dealkylation sites (tertiary alicyclic amines) is 1. The Morgan fingerprint density at radius 2 is 1.67 bits per heavy atom. The molecular formula is C19H38N2. The highest BCUT2D eigenvalue weighted by Crippen LogP contribution is 2.38. The van der Waals surface area contributed by atoms with Crippen LogP contribution in [0.25, 0.3) is 0 Å². The lowest BCUT2D eigenvalue weighted by atomic mass is 9.76. The Bertz CT molecular complexity index is 286. The zero-order chi connectivity index (χ0) is 15.3. The lowest BCUT2D eigenvalue weighted by Crippen LogP contribution is -2.41. The predicted molar refractivity (Wildman–Crippen MR) is 92.7 cm³/mol. The van der Waals surface area contributed by atoms with Crippen molar-refractivity contribution in [3.05, 3.63) is 0 Å². The molecule has 2 unspecified atom stereocenters. The highest BCUT2D eigenvalue weighted by atomic mass is 15.2. The number of piperidine rings is 1. The van der Waals surface area contributed by atoms with Gasteiger partial charge in [0.1, 0.15) is 0 Å². The van der Waals surface area contributed by atoms with Crippen LogP contribution in [-0.4, -0.2) is 37.6 Å². The van der Waals surface area contributed by atoms with Crippen LogP contribution in [0.4, 0.5) is 0 Å². The van der Waals surface area contributed by atoms with Crippen molar-refractivity contribution in [2.75, 3.05) is 26.7 Å². The van der Waals surface area contributed by atoms with E-state index in [-0.39, 0.29) is 0 Å². The van der Waals surface area contributed by atoms with Gasteiger partial charge in [0, 0.05) is 6.04 Å². The average Bonchev–Trinajstić information content (AvgIpc) is 2.71. The van der Waals surface area contributed by atoms with Gasteiger partial charge in [-0.05, 0) is 88.9 Å². The first-order chi connectivity index (χ1) is 10.0. The van der Waals surface area contributed by atoms with Gasteiger partial charge >= 0.3 is 0 Å². The molecule has 0 aromatic heterocycles. The third-order valence-corrected chi connectivity index (χ3v) is 6.13. The summed E-state index contributed by atoms with van der Waals surface area (Å²) in [5.74, 6) is 1.91. The fourth-order valence-electron chi connectivity index (χ4n) is 4.47. The third kappa shape index (κ3) is 5.25. The third-order valence-electron chi connectivity index (χ3n) is 6.13. The summed E-state index contributed by atoms with van der Waals surface area (Å²) in [7, 11) is 2.08. The van der Waals surface area contributed by atoms with E-state index in [1.807, 2.05) is 0 Å². The van der Waals surface area contributed by atoms with E-state index in [0.29, 0.717) is 5.41 Å². The molecule has 0 aromatic rings. The van der Waals surface area contributed by atoms with Crippen molar-refractivity contribution in [3.63, 3.8) is 0 Å². The van der Waals surface area contributed by atoms with Gasteiger partial charge in [0.25, 0.3) is 0 Å². The van der Waals surface area contributed by atoms with E-state index in [1.165, 1.54) is 71.0 Å². The van der Waals surface area contributed by atoms with Crippen LogP contribution in [0.2, 0.25) is 0 Å². The van der Waals surface area contributed by atoms with Gasteiger partial charge in [-0.2, -0.15) is 0 Å². The summed E-state index contributed by atoms with van der Waals surface area (Å²) >= 11 is 0. The van der Waals surface area contributed by atoms with Crippen LogP contribution in [-0.2, 0) is 0 Å². The van der Waals surface area contributed by atoms with Crippen molar-refractivity contribution >= 4 is 0 Å².